The van der Waals surface area contributed by atoms with E-state index in [4.69, 9.17) is 5.11 Å². The van der Waals surface area contributed by atoms with Crippen LogP contribution in [-0.4, -0.2) is 11.7 Å². The van der Waals surface area contributed by atoms with Gasteiger partial charge in [0.05, 0.1) is 0 Å². The minimum absolute atomic E-state index is 0.239. The highest BCUT2D eigenvalue weighted by atomic mass is 16.3. The molecular formula is C16H24O. The van der Waals surface area contributed by atoms with Gasteiger partial charge in [0.2, 0.25) is 0 Å². The molecule has 1 aromatic rings. The summed E-state index contributed by atoms with van der Waals surface area (Å²) in [5.41, 5.74) is 2.76. The number of aliphatic hydroxyl groups excluding tert-OH is 1. The van der Waals surface area contributed by atoms with Crippen molar-refractivity contribution in [2.24, 2.45) is 0 Å². The predicted molar refractivity (Wildman–Crippen MR) is 72.4 cm³/mol. The first-order valence-corrected chi connectivity index (χ1v) is 7.02. The van der Waals surface area contributed by atoms with Crippen LogP contribution in [0.15, 0.2) is 24.3 Å². The summed E-state index contributed by atoms with van der Waals surface area (Å²) in [7, 11) is 0. The summed E-state index contributed by atoms with van der Waals surface area (Å²) in [6.07, 6.45) is 8.31. The summed E-state index contributed by atoms with van der Waals surface area (Å²) in [5, 5.41) is 9.14. The van der Waals surface area contributed by atoms with Crippen molar-refractivity contribution in [2.75, 3.05) is 6.61 Å². The minimum atomic E-state index is 0.239. The standard InChI is InChI=1S/C16H24O/c1-13(12-17)14-8-10-16(11-9-14)15-6-4-2-3-5-7-15/h8-11,13,15,17H,2-7,12H2,1H3. The van der Waals surface area contributed by atoms with E-state index in [-0.39, 0.29) is 12.5 Å². The van der Waals surface area contributed by atoms with Crippen molar-refractivity contribution in [2.45, 2.75) is 57.3 Å². The Hall–Kier alpha value is -0.820. The van der Waals surface area contributed by atoms with E-state index in [1.54, 1.807) is 0 Å². The third-order valence-electron chi connectivity index (χ3n) is 4.11. The molecule has 1 saturated carbocycles. The molecule has 0 heterocycles. The van der Waals surface area contributed by atoms with Crippen LogP contribution in [0.1, 0.15) is 68.4 Å². The third-order valence-corrected chi connectivity index (χ3v) is 4.11. The molecule has 1 fully saturated rings. The zero-order chi connectivity index (χ0) is 12.1. The Kier molecular flexibility index (Phi) is 4.61. The van der Waals surface area contributed by atoms with E-state index in [1.807, 2.05) is 0 Å². The molecule has 0 saturated heterocycles. The van der Waals surface area contributed by atoms with Crippen LogP contribution in [0.3, 0.4) is 0 Å². The summed E-state index contributed by atoms with van der Waals surface area (Å²) >= 11 is 0. The average Bonchev–Trinajstić information content (AvgIpc) is 2.67. The smallest absolute Gasteiger partial charge is 0.0497 e. The first-order chi connectivity index (χ1) is 8.31. The van der Waals surface area contributed by atoms with Gasteiger partial charge >= 0.3 is 0 Å². The molecule has 94 valence electrons. The lowest BCUT2D eigenvalue weighted by Gasteiger charge is -2.16. The SMILES string of the molecule is CC(CO)c1ccc(C2CCCCCC2)cc1. The van der Waals surface area contributed by atoms with Gasteiger partial charge in [-0.3, -0.25) is 0 Å². The van der Waals surface area contributed by atoms with E-state index in [9.17, 15) is 0 Å². The number of benzene rings is 1. The van der Waals surface area contributed by atoms with E-state index >= 15 is 0 Å². The van der Waals surface area contributed by atoms with Crippen LogP contribution >= 0.6 is 0 Å². The molecule has 1 aliphatic carbocycles. The molecule has 0 spiro atoms. The van der Waals surface area contributed by atoms with Crippen molar-refractivity contribution in [1.29, 1.82) is 0 Å². The van der Waals surface area contributed by atoms with Gasteiger partial charge in [0.25, 0.3) is 0 Å². The maximum absolute atomic E-state index is 9.14. The van der Waals surface area contributed by atoms with Crippen LogP contribution in [0.2, 0.25) is 0 Å². The average molecular weight is 232 g/mol. The molecule has 1 atom stereocenters. The monoisotopic (exact) mass is 232 g/mol. The maximum Gasteiger partial charge on any atom is 0.0497 e. The molecule has 1 nitrogen and oxygen atoms in total. The summed E-state index contributed by atoms with van der Waals surface area (Å²) < 4.78 is 0. The minimum Gasteiger partial charge on any atom is -0.396 e. The highest BCUT2D eigenvalue weighted by Crippen LogP contribution is 2.32. The lowest BCUT2D eigenvalue weighted by atomic mass is 9.90. The Morgan fingerprint density at radius 1 is 1.06 bits per heavy atom. The van der Waals surface area contributed by atoms with E-state index in [2.05, 4.69) is 31.2 Å². The molecule has 1 N–H and O–H groups in total. The molecule has 0 aliphatic heterocycles. The normalized spacial score (nSPS) is 19.9. The summed E-state index contributed by atoms with van der Waals surface area (Å²) in [6, 6.07) is 8.94. The fraction of sp³-hybridized carbons (Fsp3) is 0.625. The molecule has 1 aromatic carbocycles. The number of aliphatic hydroxyl groups is 1. The Labute approximate surface area is 105 Å². The van der Waals surface area contributed by atoms with Crippen molar-refractivity contribution in [3.63, 3.8) is 0 Å². The zero-order valence-corrected chi connectivity index (χ0v) is 10.9. The summed E-state index contributed by atoms with van der Waals surface area (Å²) in [6.45, 7) is 2.31. The Morgan fingerprint density at radius 2 is 1.65 bits per heavy atom. The molecule has 0 aromatic heterocycles. The quantitative estimate of drug-likeness (QED) is 0.774. The van der Waals surface area contributed by atoms with Crippen LogP contribution < -0.4 is 0 Å². The molecule has 1 unspecified atom stereocenters. The summed E-state index contributed by atoms with van der Waals surface area (Å²) in [5.74, 6) is 1.04. The van der Waals surface area contributed by atoms with Gasteiger partial charge in [-0.25, -0.2) is 0 Å². The first kappa shape index (κ1) is 12.6. The molecular weight excluding hydrogens is 208 g/mol. The second-order valence-corrected chi connectivity index (χ2v) is 5.44. The van der Waals surface area contributed by atoms with Crippen LogP contribution in [-0.2, 0) is 0 Å². The Balaban J connectivity index is 2.05. The van der Waals surface area contributed by atoms with Crippen molar-refractivity contribution >= 4 is 0 Å². The highest BCUT2D eigenvalue weighted by molar-refractivity contribution is 5.27. The third kappa shape index (κ3) is 3.32. The predicted octanol–water partition coefficient (Wildman–Crippen LogP) is 4.22. The molecule has 0 bridgehead atoms. The second kappa shape index (κ2) is 6.20. The van der Waals surface area contributed by atoms with Gasteiger partial charge < -0.3 is 5.11 Å². The van der Waals surface area contributed by atoms with E-state index < -0.39 is 0 Å². The fourth-order valence-electron chi connectivity index (χ4n) is 2.81. The van der Waals surface area contributed by atoms with Gasteiger partial charge in [-0.15, -0.1) is 0 Å². The second-order valence-electron chi connectivity index (χ2n) is 5.44. The van der Waals surface area contributed by atoms with Crippen LogP contribution in [0.5, 0.6) is 0 Å². The fourth-order valence-corrected chi connectivity index (χ4v) is 2.81. The lowest BCUT2D eigenvalue weighted by molar-refractivity contribution is 0.273. The van der Waals surface area contributed by atoms with Crippen LogP contribution in [0.25, 0.3) is 0 Å². The highest BCUT2D eigenvalue weighted by Gasteiger charge is 2.14. The molecule has 17 heavy (non-hydrogen) atoms. The van der Waals surface area contributed by atoms with Gasteiger partial charge in [0.15, 0.2) is 0 Å². The topological polar surface area (TPSA) is 20.2 Å². The Bertz CT molecular complexity index is 320. The number of hydrogen-bond acceptors (Lipinski definition) is 1. The molecule has 1 heteroatoms. The van der Waals surface area contributed by atoms with E-state index in [1.165, 1.54) is 49.7 Å². The first-order valence-electron chi connectivity index (χ1n) is 7.02. The van der Waals surface area contributed by atoms with Crippen molar-refractivity contribution < 1.29 is 5.11 Å². The van der Waals surface area contributed by atoms with Crippen LogP contribution in [0, 0.1) is 0 Å². The van der Waals surface area contributed by atoms with Gasteiger partial charge in [0, 0.05) is 12.5 Å². The van der Waals surface area contributed by atoms with Gasteiger partial charge in [-0.1, -0.05) is 56.9 Å². The Morgan fingerprint density at radius 3 is 2.18 bits per heavy atom. The van der Waals surface area contributed by atoms with Crippen molar-refractivity contribution in [1.82, 2.24) is 0 Å². The van der Waals surface area contributed by atoms with Crippen LogP contribution in [0.4, 0.5) is 0 Å². The van der Waals surface area contributed by atoms with Gasteiger partial charge in [-0.05, 0) is 29.9 Å². The lowest BCUT2D eigenvalue weighted by Crippen LogP contribution is -2.01. The van der Waals surface area contributed by atoms with Gasteiger partial charge in [-0.2, -0.15) is 0 Å². The van der Waals surface area contributed by atoms with Gasteiger partial charge in [0.1, 0.15) is 0 Å². The number of hydrogen-bond donors (Lipinski definition) is 1. The van der Waals surface area contributed by atoms with Crippen molar-refractivity contribution in [3.8, 4) is 0 Å². The summed E-state index contributed by atoms with van der Waals surface area (Å²) in [4.78, 5) is 0. The zero-order valence-electron chi connectivity index (χ0n) is 10.9. The van der Waals surface area contributed by atoms with E-state index in [0.29, 0.717) is 0 Å². The molecule has 0 amide bonds. The largest absolute Gasteiger partial charge is 0.396 e. The van der Waals surface area contributed by atoms with Crippen molar-refractivity contribution in [3.05, 3.63) is 35.4 Å². The molecule has 1 aliphatic rings. The van der Waals surface area contributed by atoms with E-state index in [0.717, 1.165) is 5.92 Å². The maximum atomic E-state index is 9.14. The molecule has 2 rings (SSSR count). The molecule has 0 radical (unpaired) electrons. The number of rotatable bonds is 3.